The zero-order chi connectivity index (χ0) is 25.5. The average molecular weight is 487 g/mol. The summed E-state index contributed by atoms with van der Waals surface area (Å²) >= 11 is 0. The minimum Gasteiger partial charge on any atom is -0.454 e. The Kier molecular flexibility index (Phi) is 5.96. The lowest BCUT2D eigenvalue weighted by Gasteiger charge is -2.23. The van der Waals surface area contributed by atoms with Crippen LogP contribution in [0.25, 0.3) is 11.1 Å². The fourth-order valence-electron chi connectivity index (χ4n) is 4.45. The van der Waals surface area contributed by atoms with E-state index >= 15 is 0 Å². The lowest BCUT2D eigenvalue weighted by molar-refractivity contribution is -0.118. The van der Waals surface area contributed by atoms with Crippen molar-refractivity contribution in [3.63, 3.8) is 0 Å². The summed E-state index contributed by atoms with van der Waals surface area (Å²) in [6.45, 7) is 5.60. The van der Waals surface area contributed by atoms with E-state index in [1.54, 1.807) is 26.0 Å². The maximum atomic E-state index is 13.3. The van der Waals surface area contributed by atoms with Gasteiger partial charge in [0, 0.05) is 11.3 Å². The molecule has 2 amide bonds. The summed E-state index contributed by atoms with van der Waals surface area (Å²) < 4.78 is 10.9. The van der Waals surface area contributed by atoms with Gasteiger partial charge in [0.1, 0.15) is 0 Å². The van der Waals surface area contributed by atoms with Crippen LogP contribution in [0.1, 0.15) is 48.2 Å². The van der Waals surface area contributed by atoms with Crippen molar-refractivity contribution in [1.82, 2.24) is 5.32 Å². The molecule has 0 aromatic heterocycles. The molecular weight excluding hydrogens is 456 g/mol. The molecule has 0 atom stereocenters. The van der Waals surface area contributed by atoms with E-state index in [2.05, 4.69) is 10.6 Å². The Balaban J connectivity index is 1.33. The van der Waals surface area contributed by atoms with E-state index in [4.69, 9.17) is 9.47 Å². The summed E-state index contributed by atoms with van der Waals surface area (Å²) in [7, 11) is 0. The van der Waals surface area contributed by atoms with E-state index in [0.29, 0.717) is 17.1 Å². The first-order valence-electron chi connectivity index (χ1n) is 12.1. The summed E-state index contributed by atoms with van der Waals surface area (Å²) in [5.41, 5.74) is 3.91. The molecule has 186 valence electrons. The van der Waals surface area contributed by atoms with Crippen molar-refractivity contribution in [2.45, 2.75) is 44.6 Å². The Morgan fingerprint density at radius 2 is 1.69 bits per heavy atom. The largest absolute Gasteiger partial charge is 0.454 e. The molecule has 1 heterocycles. The second kappa shape index (κ2) is 8.99. The summed E-state index contributed by atoms with van der Waals surface area (Å²) in [4.78, 5) is 25.8. The van der Waals surface area contributed by atoms with Gasteiger partial charge in [-0.05, 0) is 92.3 Å². The third kappa shape index (κ3) is 4.54. The van der Waals surface area contributed by atoms with Crippen molar-refractivity contribution < 1.29 is 24.2 Å². The van der Waals surface area contributed by atoms with Crippen LogP contribution >= 0.6 is 0 Å². The molecule has 0 radical (unpaired) electrons. The van der Waals surface area contributed by atoms with Crippen LogP contribution in [0.3, 0.4) is 0 Å². The molecule has 0 spiro atoms. The molecule has 3 aromatic carbocycles. The van der Waals surface area contributed by atoms with Crippen LogP contribution in [0, 0.1) is 6.92 Å². The maximum Gasteiger partial charge on any atom is 0.251 e. The Morgan fingerprint density at radius 1 is 0.972 bits per heavy atom. The first-order chi connectivity index (χ1) is 17.2. The maximum absolute atomic E-state index is 13.3. The Morgan fingerprint density at radius 3 is 2.39 bits per heavy atom. The molecule has 0 bridgehead atoms. The second-order valence-electron chi connectivity index (χ2n) is 10.2. The molecule has 1 aliphatic carbocycles. The quantitative estimate of drug-likeness (QED) is 0.455. The zero-order valence-corrected chi connectivity index (χ0v) is 20.7. The van der Waals surface area contributed by atoms with Gasteiger partial charge in [0.2, 0.25) is 12.7 Å². The Hall–Kier alpha value is -3.84. The molecule has 0 unspecified atom stereocenters. The van der Waals surface area contributed by atoms with E-state index in [0.717, 1.165) is 40.8 Å². The molecule has 3 N–H and O–H groups in total. The molecule has 7 heteroatoms. The number of ether oxygens (including phenoxy) is 2. The standard InChI is InChI=1S/C29H30N2O5/c1-18-4-10-22(15-23(18)19-5-7-20(8-6-19)26(33)31-28(2,3)16-32)30-27(34)29(12-13-29)21-9-11-24-25(14-21)36-17-35-24/h4-11,14-15,32H,12-13,16-17H2,1-3H3,(H,30,34)(H,31,33). The number of aliphatic hydroxyl groups is 1. The molecular formula is C29H30N2O5. The van der Waals surface area contributed by atoms with Gasteiger partial charge in [-0.1, -0.05) is 24.3 Å². The van der Waals surface area contributed by atoms with Crippen LogP contribution in [-0.2, 0) is 10.2 Å². The van der Waals surface area contributed by atoms with Crippen LogP contribution in [0.15, 0.2) is 60.7 Å². The second-order valence-corrected chi connectivity index (χ2v) is 10.2. The van der Waals surface area contributed by atoms with Gasteiger partial charge in [0.25, 0.3) is 5.91 Å². The van der Waals surface area contributed by atoms with Gasteiger partial charge in [0.05, 0.1) is 17.6 Å². The number of amides is 2. The molecule has 1 fully saturated rings. The number of benzene rings is 3. The van der Waals surface area contributed by atoms with Crippen molar-refractivity contribution in [1.29, 1.82) is 0 Å². The van der Waals surface area contributed by atoms with Gasteiger partial charge in [-0.2, -0.15) is 0 Å². The fraction of sp³-hybridized carbons (Fsp3) is 0.310. The molecule has 1 aliphatic heterocycles. The van der Waals surface area contributed by atoms with Crippen LogP contribution < -0.4 is 20.1 Å². The summed E-state index contributed by atoms with van der Waals surface area (Å²) in [5.74, 6) is 1.12. The van der Waals surface area contributed by atoms with Crippen LogP contribution in [0.2, 0.25) is 0 Å². The Labute approximate surface area is 210 Å². The third-order valence-corrected chi connectivity index (χ3v) is 6.91. The molecule has 1 saturated carbocycles. The molecule has 5 rings (SSSR count). The van der Waals surface area contributed by atoms with E-state index in [1.807, 2.05) is 55.5 Å². The SMILES string of the molecule is Cc1ccc(NC(=O)C2(c3ccc4c(c3)OCO4)CC2)cc1-c1ccc(C(=O)NC(C)(C)CO)cc1. The smallest absolute Gasteiger partial charge is 0.251 e. The van der Waals surface area contributed by atoms with Crippen molar-refractivity contribution in [2.24, 2.45) is 0 Å². The zero-order valence-electron chi connectivity index (χ0n) is 20.7. The van der Waals surface area contributed by atoms with Crippen molar-refractivity contribution >= 4 is 17.5 Å². The fourth-order valence-corrected chi connectivity index (χ4v) is 4.45. The number of hydrogen-bond acceptors (Lipinski definition) is 5. The Bertz CT molecular complexity index is 1330. The van der Waals surface area contributed by atoms with Crippen molar-refractivity contribution in [3.05, 3.63) is 77.4 Å². The minimum atomic E-state index is -0.696. The highest BCUT2D eigenvalue weighted by Crippen LogP contribution is 2.51. The lowest BCUT2D eigenvalue weighted by Crippen LogP contribution is -2.46. The predicted molar refractivity (Wildman–Crippen MR) is 137 cm³/mol. The summed E-state index contributed by atoms with van der Waals surface area (Å²) in [6.07, 6.45) is 1.57. The number of rotatable bonds is 7. The number of aryl methyl sites for hydroxylation is 1. The number of carbonyl (C=O) groups excluding carboxylic acids is 2. The van der Waals surface area contributed by atoms with E-state index in [-0.39, 0.29) is 25.2 Å². The molecule has 3 aromatic rings. The van der Waals surface area contributed by atoms with Gasteiger partial charge in [0.15, 0.2) is 11.5 Å². The number of anilines is 1. The number of aliphatic hydroxyl groups excluding tert-OH is 1. The van der Waals surface area contributed by atoms with Gasteiger partial charge in [-0.25, -0.2) is 0 Å². The van der Waals surface area contributed by atoms with Gasteiger partial charge in [-0.3, -0.25) is 9.59 Å². The molecule has 0 saturated heterocycles. The van der Waals surface area contributed by atoms with Gasteiger partial charge in [-0.15, -0.1) is 0 Å². The molecule has 7 nitrogen and oxygen atoms in total. The van der Waals surface area contributed by atoms with Crippen molar-refractivity contribution in [2.75, 3.05) is 18.7 Å². The van der Waals surface area contributed by atoms with E-state index in [9.17, 15) is 14.7 Å². The number of nitrogens with one attached hydrogen (secondary N) is 2. The van der Waals surface area contributed by atoms with Crippen LogP contribution in [0.5, 0.6) is 11.5 Å². The average Bonchev–Trinajstić information content (AvgIpc) is 3.56. The molecule has 2 aliphatic rings. The van der Waals surface area contributed by atoms with E-state index in [1.165, 1.54) is 0 Å². The van der Waals surface area contributed by atoms with E-state index < -0.39 is 11.0 Å². The van der Waals surface area contributed by atoms with Crippen LogP contribution in [0.4, 0.5) is 5.69 Å². The lowest BCUT2D eigenvalue weighted by atomic mass is 9.94. The number of fused-ring (bicyclic) bond motifs is 1. The first-order valence-corrected chi connectivity index (χ1v) is 12.1. The summed E-state index contributed by atoms with van der Waals surface area (Å²) in [6, 6.07) is 18.9. The third-order valence-electron chi connectivity index (χ3n) is 6.91. The van der Waals surface area contributed by atoms with Crippen molar-refractivity contribution in [3.8, 4) is 22.6 Å². The minimum absolute atomic E-state index is 0.0327. The highest BCUT2D eigenvalue weighted by molar-refractivity contribution is 6.02. The van der Waals surface area contributed by atoms with Crippen LogP contribution in [-0.4, -0.2) is 35.9 Å². The topological polar surface area (TPSA) is 96.9 Å². The number of hydrogen-bond donors (Lipinski definition) is 3. The van der Waals surface area contributed by atoms with Gasteiger partial charge >= 0.3 is 0 Å². The predicted octanol–water partition coefficient (Wildman–Crippen LogP) is 4.56. The highest BCUT2D eigenvalue weighted by Gasteiger charge is 2.51. The molecule has 36 heavy (non-hydrogen) atoms. The summed E-state index contributed by atoms with van der Waals surface area (Å²) in [5, 5.41) is 15.3. The monoisotopic (exact) mass is 486 g/mol. The normalized spacial score (nSPS) is 15.3. The van der Waals surface area contributed by atoms with Gasteiger partial charge < -0.3 is 25.2 Å². The highest BCUT2D eigenvalue weighted by atomic mass is 16.7. The number of carbonyl (C=O) groups is 2. The first kappa shape index (κ1) is 23.9.